The number of hydrogen-bond donors (Lipinski definition) is 1. The van der Waals surface area contributed by atoms with Crippen LogP contribution < -0.4 is 5.73 Å². The fourth-order valence-electron chi connectivity index (χ4n) is 1.99. The fraction of sp³-hybridized carbons (Fsp3) is 0.727. The number of aromatic nitrogens is 1. The molecule has 0 aromatic carbocycles. The molecule has 0 amide bonds. The highest BCUT2D eigenvalue weighted by atomic mass is 32.1. The maximum absolute atomic E-state index is 6.26. The maximum Gasteiger partial charge on any atom is 0.0931 e. The molecule has 82 valence electrons. The molecule has 15 heavy (non-hydrogen) atoms. The first-order valence-electron chi connectivity index (χ1n) is 5.58. The van der Waals surface area contributed by atoms with Gasteiger partial charge in [0.1, 0.15) is 0 Å². The molecule has 0 radical (unpaired) electrons. The lowest BCUT2D eigenvalue weighted by Crippen LogP contribution is -2.37. The molecule has 2 N–H and O–H groups in total. The Bertz CT molecular complexity index is 353. The molecule has 2 aliphatic rings. The summed E-state index contributed by atoms with van der Waals surface area (Å²) in [6.07, 6.45) is 4.82. The maximum atomic E-state index is 6.26. The third-order valence-corrected chi connectivity index (χ3v) is 4.15. The van der Waals surface area contributed by atoms with Crippen molar-refractivity contribution in [3.63, 3.8) is 0 Å². The third kappa shape index (κ3) is 1.94. The highest BCUT2D eigenvalue weighted by Gasteiger charge is 2.35. The first-order chi connectivity index (χ1) is 7.26. The zero-order chi connectivity index (χ0) is 10.3. The number of ether oxygens (including phenoxy) is 1. The fourth-order valence-corrected chi connectivity index (χ4v) is 3.00. The van der Waals surface area contributed by atoms with Gasteiger partial charge in [-0.3, -0.25) is 0 Å². The Kier molecular flexibility index (Phi) is 2.30. The molecule has 1 aliphatic carbocycles. The summed E-state index contributed by atoms with van der Waals surface area (Å²) in [7, 11) is 0. The van der Waals surface area contributed by atoms with E-state index in [1.165, 1.54) is 17.8 Å². The van der Waals surface area contributed by atoms with Crippen molar-refractivity contribution in [2.75, 3.05) is 13.2 Å². The monoisotopic (exact) mass is 224 g/mol. The largest absolute Gasteiger partial charge is 0.379 e. The molecule has 1 atom stereocenters. The average molecular weight is 224 g/mol. The standard InChI is InChI=1S/C11H16N2OS/c12-11(3-4-14-7-11)9-6-15-10(13-9)5-8-1-2-8/h6,8H,1-5,7,12H2. The van der Waals surface area contributed by atoms with E-state index in [-0.39, 0.29) is 5.54 Å². The zero-order valence-corrected chi connectivity index (χ0v) is 9.55. The van der Waals surface area contributed by atoms with Crippen LogP contribution in [0.25, 0.3) is 0 Å². The Morgan fingerprint density at radius 2 is 2.47 bits per heavy atom. The van der Waals surface area contributed by atoms with E-state index in [2.05, 4.69) is 10.4 Å². The lowest BCUT2D eigenvalue weighted by molar-refractivity contribution is 0.177. The van der Waals surface area contributed by atoms with E-state index in [0.717, 1.165) is 31.1 Å². The second-order valence-electron chi connectivity index (χ2n) is 4.73. The average Bonchev–Trinajstić information content (AvgIpc) is 2.73. The molecule has 1 aromatic rings. The van der Waals surface area contributed by atoms with Crippen molar-refractivity contribution in [3.8, 4) is 0 Å². The highest BCUT2D eigenvalue weighted by Crippen LogP contribution is 2.35. The molecule has 3 nitrogen and oxygen atoms in total. The third-order valence-electron chi connectivity index (χ3n) is 3.27. The van der Waals surface area contributed by atoms with Crippen molar-refractivity contribution in [1.82, 2.24) is 4.98 Å². The van der Waals surface area contributed by atoms with E-state index in [4.69, 9.17) is 10.5 Å². The number of nitrogens with two attached hydrogens (primary N) is 1. The zero-order valence-electron chi connectivity index (χ0n) is 8.74. The second kappa shape index (κ2) is 3.54. The molecule has 2 heterocycles. The van der Waals surface area contributed by atoms with Crippen LogP contribution in [0.4, 0.5) is 0 Å². The normalized spacial score (nSPS) is 31.0. The first-order valence-corrected chi connectivity index (χ1v) is 6.46. The van der Waals surface area contributed by atoms with E-state index in [1.54, 1.807) is 11.3 Å². The van der Waals surface area contributed by atoms with Gasteiger partial charge < -0.3 is 10.5 Å². The minimum absolute atomic E-state index is 0.307. The minimum Gasteiger partial charge on any atom is -0.379 e. The minimum atomic E-state index is -0.307. The van der Waals surface area contributed by atoms with Crippen LogP contribution in [0.15, 0.2) is 5.38 Å². The van der Waals surface area contributed by atoms with Crippen LogP contribution in [-0.2, 0) is 16.7 Å². The van der Waals surface area contributed by atoms with E-state index >= 15 is 0 Å². The van der Waals surface area contributed by atoms with Gasteiger partial charge in [-0.25, -0.2) is 4.98 Å². The van der Waals surface area contributed by atoms with E-state index < -0.39 is 0 Å². The van der Waals surface area contributed by atoms with Crippen molar-refractivity contribution in [3.05, 3.63) is 16.1 Å². The molecular formula is C11H16N2OS. The molecule has 4 heteroatoms. The topological polar surface area (TPSA) is 48.1 Å². The lowest BCUT2D eigenvalue weighted by atomic mass is 9.97. The predicted octanol–water partition coefficient (Wildman–Crippen LogP) is 1.67. The molecular weight excluding hydrogens is 208 g/mol. The van der Waals surface area contributed by atoms with Gasteiger partial charge in [0.2, 0.25) is 0 Å². The quantitative estimate of drug-likeness (QED) is 0.849. The highest BCUT2D eigenvalue weighted by molar-refractivity contribution is 7.09. The van der Waals surface area contributed by atoms with Gasteiger partial charge in [-0.1, -0.05) is 0 Å². The molecule has 0 bridgehead atoms. The van der Waals surface area contributed by atoms with Gasteiger partial charge in [-0.05, 0) is 25.2 Å². The van der Waals surface area contributed by atoms with E-state index in [1.807, 2.05) is 0 Å². The number of rotatable bonds is 3. The Labute approximate surface area is 93.7 Å². The number of hydrogen-bond acceptors (Lipinski definition) is 4. The smallest absolute Gasteiger partial charge is 0.0931 e. The van der Waals surface area contributed by atoms with Gasteiger partial charge in [-0.15, -0.1) is 11.3 Å². The van der Waals surface area contributed by atoms with Gasteiger partial charge in [0.05, 0.1) is 22.8 Å². The first kappa shape index (κ1) is 9.75. The van der Waals surface area contributed by atoms with Crippen LogP contribution >= 0.6 is 11.3 Å². The van der Waals surface area contributed by atoms with E-state index in [0.29, 0.717) is 6.61 Å². The Hall–Kier alpha value is -0.450. The van der Waals surface area contributed by atoms with Crippen molar-refractivity contribution >= 4 is 11.3 Å². The summed E-state index contributed by atoms with van der Waals surface area (Å²) in [5, 5.41) is 3.37. The molecule has 1 saturated carbocycles. The van der Waals surface area contributed by atoms with Crippen molar-refractivity contribution in [2.24, 2.45) is 11.7 Å². The van der Waals surface area contributed by atoms with Gasteiger partial charge in [0.15, 0.2) is 0 Å². The van der Waals surface area contributed by atoms with Crippen molar-refractivity contribution in [1.29, 1.82) is 0 Å². The summed E-state index contributed by atoms with van der Waals surface area (Å²) < 4.78 is 5.36. The summed E-state index contributed by atoms with van der Waals surface area (Å²) in [4.78, 5) is 4.66. The van der Waals surface area contributed by atoms with Gasteiger partial charge in [0.25, 0.3) is 0 Å². The number of nitrogens with zero attached hydrogens (tertiary/aromatic N) is 1. The molecule has 0 spiro atoms. The summed E-state index contributed by atoms with van der Waals surface area (Å²) in [6, 6.07) is 0. The van der Waals surface area contributed by atoms with Gasteiger partial charge in [-0.2, -0.15) is 0 Å². The lowest BCUT2D eigenvalue weighted by Gasteiger charge is -2.18. The predicted molar refractivity (Wildman–Crippen MR) is 59.8 cm³/mol. The summed E-state index contributed by atoms with van der Waals surface area (Å²) in [6.45, 7) is 1.39. The molecule has 2 fully saturated rings. The Morgan fingerprint density at radius 3 is 3.13 bits per heavy atom. The second-order valence-corrected chi connectivity index (χ2v) is 5.68. The Balaban J connectivity index is 1.76. The van der Waals surface area contributed by atoms with Crippen molar-refractivity contribution in [2.45, 2.75) is 31.2 Å². The van der Waals surface area contributed by atoms with Gasteiger partial charge in [0, 0.05) is 18.4 Å². The number of thiazole rings is 1. The summed E-state index contributed by atoms with van der Waals surface area (Å²) in [5.74, 6) is 0.901. The van der Waals surface area contributed by atoms with Crippen LogP contribution in [0.3, 0.4) is 0 Å². The van der Waals surface area contributed by atoms with Crippen molar-refractivity contribution < 1.29 is 4.74 Å². The van der Waals surface area contributed by atoms with Crippen LogP contribution in [0.2, 0.25) is 0 Å². The molecule has 1 unspecified atom stereocenters. The SMILES string of the molecule is NC1(c2csc(CC3CC3)n2)CCOC1. The summed E-state index contributed by atoms with van der Waals surface area (Å²) in [5.41, 5.74) is 6.99. The van der Waals surface area contributed by atoms with Crippen LogP contribution in [0, 0.1) is 5.92 Å². The molecule has 3 rings (SSSR count). The molecule has 1 aliphatic heterocycles. The van der Waals surface area contributed by atoms with Crippen LogP contribution in [0.1, 0.15) is 30.0 Å². The van der Waals surface area contributed by atoms with Crippen LogP contribution in [-0.4, -0.2) is 18.2 Å². The molecule has 1 aromatic heterocycles. The summed E-state index contributed by atoms with van der Waals surface area (Å²) >= 11 is 1.76. The molecule has 1 saturated heterocycles. The van der Waals surface area contributed by atoms with Gasteiger partial charge >= 0.3 is 0 Å². The van der Waals surface area contributed by atoms with E-state index in [9.17, 15) is 0 Å². The van der Waals surface area contributed by atoms with Crippen LogP contribution in [0.5, 0.6) is 0 Å². The Morgan fingerprint density at radius 1 is 1.60 bits per heavy atom.